The first-order chi connectivity index (χ1) is 10.2. The Morgan fingerprint density at radius 3 is 2.81 bits per heavy atom. The highest BCUT2D eigenvalue weighted by Gasteiger charge is 2.15. The lowest BCUT2D eigenvalue weighted by atomic mass is 9.97. The average Bonchev–Trinajstić information content (AvgIpc) is 2.53. The number of pyridine rings is 1. The maximum Gasteiger partial charge on any atom is 0.125 e. The molecule has 4 heteroatoms. The maximum atomic E-state index is 6.38. The molecule has 0 aliphatic heterocycles. The quantitative estimate of drug-likeness (QED) is 0.796. The molecule has 3 rings (SSSR count). The Labute approximate surface area is 128 Å². The number of halogens is 1. The summed E-state index contributed by atoms with van der Waals surface area (Å²) in [5, 5.41) is 1.72. The summed E-state index contributed by atoms with van der Waals surface area (Å²) < 4.78 is 5.38. The Morgan fingerprint density at radius 1 is 1.14 bits per heavy atom. The van der Waals surface area contributed by atoms with Gasteiger partial charge in [0, 0.05) is 22.2 Å². The van der Waals surface area contributed by atoms with Gasteiger partial charge in [0.2, 0.25) is 0 Å². The number of benzene rings is 2. The number of ether oxygens (including phenoxy) is 1. The molecule has 1 aromatic heterocycles. The fourth-order valence-electron chi connectivity index (χ4n) is 2.40. The van der Waals surface area contributed by atoms with E-state index in [0.29, 0.717) is 10.8 Å². The van der Waals surface area contributed by atoms with Crippen LogP contribution < -0.4 is 10.5 Å². The molecular formula is C17H15ClN2O. The first kappa shape index (κ1) is 13.9. The van der Waals surface area contributed by atoms with Crippen LogP contribution in [0.15, 0.2) is 54.7 Å². The summed E-state index contributed by atoms with van der Waals surface area (Å²) in [6.07, 6.45) is 1.78. The number of hydrogen-bond donors (Lipinski definition) is 1. The molecule has 1 unspecified atom stereocenters. The van der Waals surface area contributed by atoms with Crippen LogP contribution in [0.4, 0.5) is 0 Å². The van der Waals surface area contributed by atoms with Crippen LogP contribution >= 0.6 is 11.6 Å². The monoisotopic (exact) mass is 298 g/mol. The Morgan fingerprint density at radius 2 is 2.00 bits per heavy atom. The summed E-state index contributed by atoms with van der Waals surface area (Å²) >= 11 is 5.99. The third-order valence-electron chi connectivity index (χ3n) is 3.52. The summed E-state index contributed by atoms with van der Waals surface area (Å²) in [6, 6.07) is 15.2. The van der Waals surface area contributed by atoms with Crippen molar-refractivity contribution in [2.24, 2.45) is 5.73 Å². The highest BCUT2D eigenvalue weighted by atomic mass is 35.5. The van der Waals surface area contributed by atoms with Gasteiger partial charge in [0.15, 0.2) is 0 Å². The van der Waals surface area contributed by atoms with Crippen LogP contribution in [0.3, 0.4) is 0 Å². The Bertz CT molecular complexity index is 789. The lowest BCUT2D eigenvalue weighted by Gasteiger charge is -2.16. The van der Waals surface area contributed by atoms with Crippen molar-refractivity contribution >= 4 is 22.5 Å². The number of aromatic nitrogens is 1. The number of hydrogen-bond acceptors (Lipinski definition) is 3. The van der Waals surface area contributed by atoms with Crippen LogP contribution in [-0.4, -0.2) is 12.1 Å². The largest absolute Gasteiger partial charge is 0.496 e. The standard InChI is InChI=1S/C17H15ClN2O/c1-21-16-10-13(18)6-7-14(16)17(19)12-5-4-11-3-2-8-20-15(11)9-12/h2-10,17H,19H2,1H3. The van der Waals surface area contributed by atoms with Crippen LogP contribution in [-0.2, 0) is 0 Å². The topological polar surface area (TPSA) is 48.1 Å². The van der Waals surface area contributed by atoms with E-state index in [-0.39, 0.29) is 6.04 Å². The molecule has 0 saturated carbocycles. The number of fused-ring (bicyclic) bond motifs is 1. The molecule has 0 amide bonds. The molecule has 0 spiro atoms. The van der Waals surface area contributed by atoms with E-state index < -0.39 is 0 Å². The van der Waals surface area contributed by atoms with Gasteiger partial charge in [0.25, 0.3) is 0 Å². The summed E-state index contributed by atoms with van der Waals surface area (Å²) in [6.45, 7) is 0. The van der Waals surface area contributed by atoms with Gasteiger partial charge in [-0.1, -0.05) is 35.9 Å². The van der Waals surface area contributed by atoms with E-state index >= 15 is 0 Å². The van der Waals surface area contributed by atoms with Crippen molar-refractivity contribution in [3.8, 4) is 5.75 Å². The zero-order chi connectivity index (χ0) is 14.8. The van der Waals surface area contributed by atoms with E-state index in [1.54, 1.807) is 19.4 Å². The smallest absolute Gasteiger partial charge is 0.125 e. The number of nitrogens with two attached hydrogens (primary N) is 1. The van der Waals surface area contributed by atoms with E-state index in [9.17, 15) is 0 Å². The average molecular weight is 299 g/mol. The van der Waals surface area contributed by atoms with Gasteiger partial charge in [0.1, 0.15) is 5.75 Å². The van der Waals surface area contributed by atoms with E-state index in [1.807, 2.05) is 42.5 Å². The summed E-state index contributed by atoms with van der Waals surface area (Å²) in [4.78, 5) is 4.37. The Balaban J connectivity index is 2.05. The van der Waals surface area contributed by atoms with Crippen LogP contribution in [0.1, 0.15) is 17.2 Å². The number of nitrogens with zero attached hydrogens (tertiary/aromatic N) is 1. The minimum atomic E-state index is -0.288. The van der Waals surface area contributed by atoms with Gasteiger partial charge in [0.05, 0.1) is 18.7 Å². The summed E-state index contributed by atoms with van der Waals surface area (Å²) in [7, 11) is 1.61. The predicted octanol–water partition coefficient (Wildman–Crippen LogP) is 3.94. The van der Waals surface area contributed by atoms with Crippen molar-refractivity contribution in [2.45, 2.75) is 6.04 Å². The fourth-order valence-corrected chi connectivity index (χ4v) is 2.56. The minimum absolute atomic E-state index is 0.288. The van der Waals surface area contributed by atoms with Crippen molar-refractivity contribution in [1.29, 1.82) is 0 Å². The van der Waals surface area contributed by atoms with Gasteiger partial charge in [-0.05, 0) is 29.8 Å². The molecule has 106 valence electrons. The van der Waals surface area contributed by atoms with Crippen LogP contribution in [0.2, 0.25) is 5.02 Å². The minimum Gasteiger partial charge on any atom is -0.496 e. The molecule has 1 heterocycles. The second kappa shape index (κ2) is 5.72. The van der Waals surface area contributed by atoms with Crippen LogP contribution in [0.5, 0.6) is 5.75 Å². The first-order valence-electron chi connectivity index (χ1n) is 6.63. The first-order valence-corrected chi connectivity index (χ1v) is 7.00. The molecule has 0 aliphatic carbocycles. The molecule has 0 aliphatic rings. The molecule has 1 atom stereocenters. The van der Waals surface area contributed by atoms with E-state index in [4.69, 9.17) is 22.1 Å². The molecule has 0 bridgehead atoms. The number of methoxy groups -OCH3 is 1. The van der Waals surface area contributed by atoms with Crippen molar-refractivity contribution in [1.82, 2.24) is 4.98 Å². The second-order valence-electron chi connectivity index (χ2n) is 4.82. The van der Waals surface area contributed by atoms with Crippen molar-refractivity contribution in [3.05, 3.63) is 70.9 Å². The van der Waals surface area contributed by atoms with Gasteiger partial charge in [-0.3, -0.25) is 4.98 Å². The Kier molecular flexibility index (Phi) is 3.78. The molecule has 3 aromatic rings. The van der Waals surface area contributed by atoms with E-state index in [0.717, 1.165) is 22.0 Å². The third kappa shape index (κ3) is 2.71. The molecule has 2 N–H and O–H groups in total. The molecule has 0 fully saturated rings. The molecule has 2 aromatic carbocycles. The van der Waals surface area contributed by atoms with Crippen LogP contribution in [0, 0.1) is 0 Å². The third-order valence-corrected chi connectivity index (χ3v) is 3.75. The molecule has 0 saturated heterocycles. The molecule has 21 heavy (non-hydrogen) atoms. The molecular weight excluding hydrogens is 284 g/mol. The molecule has 0 radical (unpaired) electrons. The van der Waals surface area contributed by atoms with E-state index in [1.165, 1.54) is 0 Å². The van der Waals surface area contributed by atoms with Crippen LogP contribution in [0.25, 0.3) is 10.9 Å². The van der Waals surface area contributed by atoms with Crippen molar-refractivity contribution in [2.75, 3.05) is 7.11 Å². The lowest BCUT2D eigenvalue weighted by Crippen LogP contribution is -2.13. The summed E-state index contributed by atoms with van der Waals surface area (Å²) in [5.41, 5.74) is 9.20. The van der Waals surface area contributed by atoms with Crippen molar-refractivity contribution in [3.63, 3.8) is 0 Å². The highest BCUT2D eigenvalue weighted by molar-refractivity contribution is 6.30. The van der Waals surface area contributed by atoms with Crippen molar-refractivity contribution < 1.29 is 4.74 Å². The zero-order valence-electron chi connectivity index (χ0n) is 11.6. The van der Waals surface area contributed by atoms with Gasteiger partial charge >= 0.3 is 0 Å². The van der Waals surface area contributed by atoms with Gasteiger partial charge in [-0.2, -0.15) is 0 Å². The maximum absolute atomic E-state index is 6.38. The lowest BCUT2D eigenvalue weighted by molar-refractivity contribution is 0.408. The predicted molar refractivity (Wildman–Crippen MR) is 85.8 cm³/mol. The van der Waals surface area contributed by atoms with Gasteiger partial charge in [-0.25, -0.2) is 0 Å². The van der Waals surface area contributed by atoms with E-state index in [2.05, 4.69) is 4.98 Å². The van der Waals surface area contributed by atoms with Gasteiger partial charge < -0.3 is 10.5 Å². The fraction of sp³-hybridized carbons (Fsp3) is 0.118. The highest BCUT2D eigenvalue weighted by Crippen LogP contribution is 2.31. The summed E-state index contributed by atoms with van der Waals surface area (Å²) in [5.74, 6) is 0.691. The Hall–Kier alpha value is -2.10. The second-order valence-corrected chi connectivity index (χ2v) is 5.26. The number of rotatable bonds is 3. The molecule has 3 nitrogen and oxygen atoms in total. The van der Waals surface area contributed by atoms with Gasteiger partial charge in [-0.15, -0.1) is 0 Å². The SMILES string of the molecule is COc1cc(Cl)ccc1C(N)c1ccc2cccnc2c1. The zero-order valence-corrected chi connectivity index (χ0v) is 12.3. The normalized spacial score (nSPS) is 12.3.